The van der Waals surface area contributed by atoms with Crippen molar-refractivity contribution in [2.45, 2.75) is 33.1 Å². The number of halogens is 1. The zero-order valence-corrected chi connectivity index (χ0v) is 11.9. The van der Waals surface area contributed by atoms with Gasteiger partial charge in [-0.1, -0.05) is 11.6 Å². The van der Waals surface area contributed by atoms with Gasteiger partial charge in [0.15, 0.2) is 0 Å². The molecule has 1 aromatic heterocycles. The molecule has 1 fully saturated rings. The van der Waals surface area contributed by atoms with Crippen LogP contribution < -0.4 is 5.32 Å². The number of rotatable bonds is 5. The van der Waals surface area contributed by atoms with Gasteiger partial charge in [0, 0.05) is 12.1 Å². The average molecular weight is 269 g/mol. The van der Waals surface area contributed by atoms with E-state index in [1.54, 1.807) is 0 Å². The van der Waals surface area contributed by atoms with E-state index in [0.717, 1.165) is 24.3 Å². The molecule has 1 aliphatic heterocycles. The first-order chi connectivity index (χ1) is 8.66. The van der Waals surface area contributed by atoms with E-state index in [1.165, 1.54) is 32.5 Å². The fraction of sp³-hybridized carbons (Fsp3) is 0.692. The second-order valence-electron chi connectivity index (χ2n) is 4.86. The highest BCUT2D eigenvalue weighted by atomic mass is 35.5. The Hall–Kier alpha value is -0.870. The van der Waals surface area contributed by atoms with Gasteiger partial charge in [0.25, 0.3) is 0 Å². The summed E-state index contributed by atoms with van der Waals surface area (Å²) in [6.07, 6.45) is 3.85. The van der Waals surface area contributed by atoms with Crippen LogP contribution in [0.3, 0.4) is 0 Å². The minimum absolute atomic E-state index is 0.546. The van der Waals surface area contributed by atoms with Crippen LogP contribution in [-0.2, 0) is 0 Å². The lowest BCUT2D eigenvalue weighted by Crippen LogP contribution is -2.22. The number of nitrogens with one attached hydrogen (secondary N) is 1. The van der Waals surface area contributed by atoms with Gasteiger partial charge < -0.3 is 10.2 Å². The van der Waals surface area contributed by atoms with Crippen LogP contribution in [0.2, 0.25) is 5.15 Å². The molecular formula is C13H21ClN4. The Bertz CT molecular complexity index is 402. The largest absolute Gasteiger partial charge is 0.370 e. The van der Waals surface area contributed by atoms with Crippen LogP contribution in [0.1, 0.15) is 30.7 Å². The molecule has 2 rings (SSSR count). The van der Waals surface area contributed by atoms with E-state index in [4.69, 9.17) is 11.6 Å². The minimum atomic E-state index is 0.546. The maximum Gasteiger partial charge on any atom is 0.137 e. The van der Waals surface area contributed by atoms with Gasteiger partial charge in [0.2, 0.25) is 0 Å². The third-order valence-electron chi connectivity index (χ3n) is 3.34. The molecule has 100 valence electrons. The monoisotopic (exact) mass is 268 g/mol. The van der Waals surface area contributed by atoms with Crippen molar-refractivity contribution in [1.82, 2.24) is 14.9 Å². The smallest absolute Gasteiger partial charge is 0.137 e. The molecule has 0 aliphatic carbocycles. The Morgan fingerprint density at radius 2 is 1.94 bits per heavy atom. The average Bonchev–Trinajstić information content (AvgIpc) is 2.83. The zero-order valence-electron chi connectivity index (χ0n) is 11.2. The number of likely N-dealkylation sites (tertiary alicyclic amines) is 1. The Kier molecular flexibility index (Phi) is 4.78. The third-order valence-corrected chi connectivity index (χ3v) is 3.71. The highest BCUT2D eigenvalue weighted by molar-refractivity contribution is 6.30. The van der Waals surface area contributed by atoms with E-state index in [2.05, 4.69) is 20.2 Å². The molecule has 4 nitrogen and oxygen atoms in total. The summed E-state index contributed by atoms with van der Waals surface area (Å²) >= 11 is 6.04. The SMILES string of the molecule is Cc1nc(Cl)c(C)c(NCCCN2CCCC2)n1. The number of aryl methyl sites for hydroxylation is 1. The third kappa shape index (κ3) is 3.56. The van der Waals surface area contributed by atoms with E-state index >= 15 is 0 Å². The molecule has 0 bridgehead atoms. The topological polar surface area (TPSA) is 41.1 Å². The van der Waals surface area contributed by atoms with Crippen LogP contribution in [0.25, 0.3) is 0 Å². The van der Waals surface area contributed by atoms with Crippen molar-refractivity contribution in [2.24, 2.45) is 0 Å². The molecule has 0 unspecified atom stereocenters. The highest BCUT2D eigenvalue weighted by Crippen LogP contribution is 2.19. The molecule has 0 radical (unpaired) electrons. The second-order valence-corrected chi connectivity index (χ2v) is 5.22. The molecule has 2 heterocycles. The first kappa shape index (κ1) is 13.6. The van der Waals surface area contributed by atoms with Crippen molar-refractivity contribution in [3.8, 4) is 0 Å². The first-order valence-corrected chi connectivity index (χ1v) is 7.01. The van der Waals surface area contributed by atoms with Gasteiger partial charge in [0.1, 0.15) is 16.8 Å². The maximum absolute atomic E-state index is 6.04. The Balaban J connectivity index is 1.79. The van der Waals surface area contributed by atoms with Crippen LogP contribution in [-0.4, -0.2) is 41.0 Å². The predicted octanol–water partition coefficient (Wildman–Crippen LogP) is 2.64. The second kappa shape index (κ2) is 6.34. The number of aromatic nitrogens is 2. The minimum Gasteiger partial charge on any atom is -0.370 e. The molecule has 5 heteroatoms. The first-order valence-electron chi connectivity index (χ1n) is 6.64. The van der Waals surface area contributed by atoms with Gasteiger partial charge >= 0.3 is 0 Å². The molecule has 1 aromatic rings. The van der Waals surface area contributed by atoms with Gasteiger partial charge in [-0.2, -0.15) is 0 Å². The fourth-order valence-electron chi connectivity index (χ4n) is 2.28. The number of anilines is 1. The van der Waals surface area contributed by atoms with E-state index in [-0.39, 0.29) is 0 Å². The van der Waals surface area contributed by atoms with Gasteiger partial charge in [-0.15, -0.1) is 0 Å². The Morgan fingerprint density at radius 3 is 2.67 bits per heavy atom. The van der Waals surface area contributed by atoms with Crippen LogP contribution >= 0.6 is 11.6 Å². The predicted molar refractivity (Wildman–Crippen MR) is 75.3 cm³/mol. The lowest BCUT2D eigenvalue weighted by molar-refractivity contribution is 0.337. The summed E-state index contributed by atoms with van der Waals surface area (Å²) in [5.74, 6) is 1.58. The van der Waals surface area contributed by atoms with Crippen LogP contribution in [0, 0.1) is 13.8 Å². The van der Waals surface area contributed by atoms with Gasteiger partial charge in [-0.3, -0.25) is 0 Å². The summed E-state index contributed by atoms with van der Waals surface area (Å²) in [5, 5.41) is 3.90. The Labute approximate surface area is 114 Å². The molecule has 0 aromatic carbocycles. The summed E-state index contributed by atoms with van der Waals surface area (Å²) in [6, 6.07) is 0. The quantitative estimate of drug-likeness (QED) is 0.658. The number of nitrogens with zero attached hydrogens (tertiary/aromatic N) is 3. The molecular weight excluding hydrogens is 248 g/mol. The van der Waals surface area contributed by atoms with Crippen molar-refractivity contribution in [2.75, 3.05) is 31.5 Å². The summed E-state index contributed by atoms with van der Waals surface area (Å²) < 4.78 is 0. The van der Waals surface area contributed by atoms with Crippen LogP contribution in [0.5, 0.6) is 0 Å². The zero-order chi connectivity index (χ0) is 13.0. The van der Waals surface area contributed by atoms with Gasteiger partial charge in [0.05, 0.1) is 0 Å². The van der Waals surface area contributed by atoms with Crippen molar-refractivity contribution < 1.29 is 0 Å². The molecule has 0 atom stereocenters. The van der Waals surface area contributed by atoms with Crippen LogP contribution in [0.15, 0.2) is 0 Å². The molecule has 0 saturated carbocycles. The number of hydrogen-bond donors (Lipinski definition) is 1. The summed E-state index contributed by atoms with van der Waals surface area (Å²) in [7, 11) is 0. The van der Waals surface area contributed by atoms with E-state index < -0.39 is 0 Å². The molecule has 1 aliphatic rings. The standard InChI is InChI=1S/C13H21ClN4/c1-10-12(14)16-11(2)17-13(10)15-6-5-9-18-7-3-4-8-18/h3-9H2,1-2H3,(H,15,16,17). The van der Waals surface area contributed by atoms with E-state index in [1.807, 2.05) is 13.8 Å². The summed E-state index contributed by atoms with van der Waals surface area (Å²) in [4.78, 5) is 11.0. The normalized spacial score (nSPS) is 16.2. The fourth-order valence-corrected chi connectivity index (χ4v) is 2.49. The molecule has 0 amide bonds. The van der Waals surface area contributed by atoms with Gasteiger partial charge in [-0.25, -0.2) is 9.97 Å². The summed E-state index contributed by atoms with van der Waals surface area (Å²) in [5.41, 5.74) is 0.934. The summed E-state index contributed by atoms with van der Waals surface area (Å²) in [6.45, 7) is 8.44. The molecule has 18 heavy (non-hydrogen) atoms. The van der Waals surface area contributed by atoms with E-state index in [9.17, 15) is 0 Å². The van der Waals surface area contributed by atoms with E-state index in [0.29, 0.717) is 11.0 Å². The molecule has 0 spiro atoms. The molecule has 1 saturated heterocycles. The van der Waals surface area contributed by atoms with Crippen molar-refractivity contribution in [1.29, 1.82) is 0 Å². The lowest BCUT2D eigenvalue weighted by atomic mass is 10.3. The maximum atomic E-state index is 6.04. The lowest BCUT2D eigenvalue weighted by Gasteiger charge is -2.15. The highest BCUT2D eigenvalue weighted by Gasteiger charge is 2.11. The van der Waals surface area contributed by atoms with Gasteiger partial charge in [-0.05, 0) is 52.7 Å². The molecule has 1 N–H and O–H groups in total. The van der Waals surface area contributed by atoms with Crippen LogP contribution in [0.4, 0.5) is 5.82 Å². The van der Waals surface area contributed by atoms with Crippen molar-refractivity contribution >= 4 is 17.4 Å². The Morgan fingerprint density at radius 1 is 1.22 bits per heavy atom. The van der Waals surface area contributed by atoms with Crippen molar-refractivity contribution in [3.63, 3.8) is 0 Å². The number of hydrogen-bond acceptors (Lipinski definition) is 4. The van der Waals surface area contributed by atoms with Crippen molar-refractivity contribution in [3.05, 3.63) is 16.5 Å².